The zero-order valence-electron chi connectivity index (χ0n) is 7.07. The van der Waals surface area contributed by atoms with Gasteiger partial charge in [0.2, 0.25) is 0 Å². The lowest BCUT2D eigenvalue weighted by Crippen LogP contribution is -2.50. The Morgan fingerprint density at radius 3 is 1.93 bits per heavy atom. The van der Waals surface area contributed by atoms with Gasteiger partial charge in [-0.25, -0.2) is 0 Å². The Bertz CT molecular complexity index is 262. The van der Waals surface area contributed by atoms with Gasteiger partial charge < -0.3 is 10.4 Å². The summed E-state index contributed by atoms with van der Waals surface area (Å²) in [6, 6.07) is 0. The van der Waals surface area contributed by atoms with Crippen molar-refractivity contribution in [1.82, 2.24) is 5.32 Å². The predicted molar refractivity (Wildman–Crippen MR) is 36.3 cm³/mol. The van der Waals surface area contributed by atoms with E-state index in [1.54, 1.807) is 0 Å². The van der Waals surface area contributed by atoms with E-state index in [-0.39, 0.29) is 0 Å². The standard InChI is InChI=1S/C6H6F5NO3/c7-5(8,6(9,10)11)4(15)12-2-1-3(13)14/h1-2H2,(H,12,15)(H,13,14). The summed E-state index contributed by atoms with van der Waals surface area (Å²) in [7, 11) is 0. The molecule has 0 atom stereocenters. The Balaban J connectivity index is 4.27. The van der Waals surface area contributed by atoms with Gasteiger partial charge in [0, 0.05) is 6.54 Å². The second-order valence-electron chi connectivity index (χ2n) is 2.47. The molecule has 0 aromatic heterocycles. The first-order valence-corrected chi connectivity index (χ1v) is 3.53. The number of rotatable bonds is 4. The van der Waals surface area contributed by atoms with Crippen LogP contribution in [0, 0.1) is 0 Å². The number of hydrogen-bond donors (Lipinski definition) is 2. The summed E-state index contributed by atoms with van der Waals surface area (Å²) in [4.78, 5) is 20.2. The molecular weight excluding hydrogens is 229 g/mol. The van der Waals surface area contributed by atoms with Crippen LogP contribution in [-0.4, -0.2) is 35.6 Å². The van der Waals surface area contributed by atoms with Gasteiger partial charge in [0.25, 0.3) is 5.91 Å². The third kappa shape index (κ3) is 3.68. The molecular formula is C6H6F5NO3. The summed E-state index contributed by atoms with van der Waals surface area (Å²) in [6.45, 7) is -0.792. The SMILES string of the molecule is O=C(O)CCNC(=O)C(F)(F)C(F)(F)F. The summed E-state index contributed by atoms with van der Waals surface area (Å²) in [5.74, 6) is -9.49. The van der Waals surface area contributed by atoms with Crippen LogP contribution in [0.5, 0.6) is 0 Å². The van der Waals surface area contributed by atoms with Gasteiger partial charge in [-0.3, -0.25) is 9.59 Å². The Hall–Kier alpha value is -1.41. The second kappa shape index (κ2) is 4.41. The molecule has 0 fully saturated rings. The third-order valence-corrected chi connectivity index (χ3v) is 1.27. The van der Waals surface area contributed by atoms with Gasteiger partial charge in [0.05, 0.1) is 6.42 Å². The molecule has 0 radical (unpaired) electrons. The monoisotopic (exact) mass is 235 g/mol. The Kier molecular flexibility index (Phi) is 3.99. The minimum atomic E-state index is -5.99. The van der Waals surface area contributed by atoms with Gasteiger partial charge in [-0.2, -0.15) is 22.0 Å². The first kappa shape index (κ1) is 13.6. The number of aliphatic carboxylic acids is 1. The molecule has 2 N–H and O–H groups in total. The maximum Gasteiger partial charge on any atom is 0.463 e. The molecule has 0 unspecified atom stereocenters. The van der Waals surface area contributed by atoms with Crippen molar-refractivity contribution in [3.63, 3.8) is 0 Å². The van der Waals surface area contributed by atoms with Crippen LogP contribution in [0.4, 0.5) is 22.0 Å². The van der Waals surface area contributed by atoms with Crippen molar-refractivity contribution in [1.29, 1.82) is 0 Å². The van der Waals surface area contributed by atoms with E-state index in [2.05, 4.69) is 0 Å². The molecule has 0 aliphatic carbocycles. The number of carboxylic acid groups (broad SMARTS) is 1. The van der Waals surface area contributed by atoms with Gasteiger partial charge in [0.15, 0.2) is 0 Å². The summed E-state index contributed by atoms with van der Waals surface area (Å²) in [5, 5.41) is 9.20. The molecule has 0 saturated carbocycles. The van der Waals surface area contributed by atoms with Crippen molar-refractivity contribution in [3.8, 4) is 0 Å². The molecule has 88 valence electrons. The molecule has 0 rings (SSSR count). The highest BCUT2D eigenvalue weighted by Crippen LogP contribution is 2.35. The minimum absolute atomic E-state index is 0.736. The van der Waals surface area contributed by atoms with Crippen LogP contribution in [0.2, 0.25) is 0 Å². The highest BCUT2D eigenvalue weighted by atomic mass is 19.4. The van der Waals surface area contributed by atoms with Crippen LogP contribution in [-0.2, 0) is 9.59 Å². The summed E-state index contributed by atoms with van der Waals surface area (Å²) in [6.07, 6.45) is -6.72. The predicted octanol–water partition coefficient (Wildman–Crippen LogP) is 0.775. The first-order valence-electron chi connectivity index (χ1n) is 3.53. The number of carbonyl (C=O) groups is 2. The van der Waals surface area contributed by atoms with Crippen molar-refractivity contribution in [2.45, 2.75) is 18.5 Å². The molecule has 0 aliphatic heterocycles. The van der Waals surface area contributed by atoms with Gasteiger partial charge in [0.1, 0.15) is 0 Å². The number of nitrogens with one attached hydrogen (secondary N) is 1. The molecule has 0 spiro atoms. The van der Waals surface area contributed by atoms with E-state index in [1.165, 1.54) is 5.32 Å². The van der Waals surface area contributed by atoms with Crippen molar-refractivity contribution < 1.29 is 36.6 Å². The number of alkyl halides is 5. The van der Waals surface area contributed by atoms with Crippen molar-refractivity contribution in [2.75, 3.05) is 6.54 Å². The number of carboxylic acids is 1. The number of hydrogen-bond acceptors (Lipinski definition) is 2. The summed E-state index contributed by atoms with van der Waals surface area (Å²) >= 11 is 0. The Morgan fingerprint density at radius 2 is 1.60 bits per heavy atom. The number of carbonyl (C=O) groups excluding carboxylic acids is 1. The lowest BCUT2D eigenvalue weighted by molar-refractivity contribution is -0.269. The maximum absolute atomic E-state index is 12.2. The fraction of sp³-hybridized carbons (Fsp3) is 0.667. The third-order valence-electron chi connectivity index (χ3n) is 1.27. The van der Waals surface area contributed by atoms with Crippen LogP contribution < -0.4 is 5.32 Å². The highest BCUT2D eigenvalue weighted by Gasteiger charge is 2.63. The second-order valence-corrected chi connectivity index (χ2v) is 2.47. The fourth-order valence-electron chi connectivity index (χ4n) is 0.523. The molecule has 0 bridgehead atoms. The molecule has 0 saturated heterocycles. The lowest BCUT2D eigenvalue weighted by atomic mass is 10.3. The van der Waals surface area contributed by atoms with Crippen molar-refractivity contribution >= 4 is 11.9 Å². The summed E-state index contributed by atoms with van der Waals surface area (Å²) in [5.41, 5.74) is 0. The van der Waals surface area contributed by atoms with Gasteiger partial charge in [-0.05, 0) is 0 Å². The molecule has 4 nitrogen and oxygen atoms in total. The van der Waals surface area contributed by atoms with Crippen molar-refractivity contribution in [2.24, 2.45) is 0 Å². The normalized spacial score (nSPS) is 12.3. The lowest BCUT2D eigenvalue weighted by Gasteiger charge is -2.18. The van der Waals surface area contributed by atoms with Crippen LogP contribution in [0.25, 0.3) is 0 Å². The number of halogens is 5. The molecule has 0 heterocycles. The van der Waals surface area contributed by atoms with E-state index in [0.717, 1.165) is 0 Å². The van der Waals surface area contributed by atoms with Gasteiger partial charge in [-0.1, -0.05) is 0 Å². The highest BCUT2D eigenvalue weighted by molar-refractivity contribution is 5.84. The zero-order valence-corrected chi connectivity index (χ0v) is 7.07. The topological polar surface area (TPSA) is 66.4 Å². The van der Waals surface area contributed by atoms with Crippen LogP contribution >= 0.6 is 0 Å². The van der Waals surface area contributed by atoms with Crippen LogP contribution in [0.1, 0.15) is 6.42 Å². The van der Waals surface area contributed by atoms with E-state index in [9.17, 15) is 31.5 Å². The van der Waals surface area contributed by atoms with E-state index in [1.807, 2.05) is 0 Å². The van der Waals surface area contributed by atoms with Gasteiger partial charge in [-0.15, -0.1) is 0 Å². The molecule has 0 aliphatic rings. The molecule has 0 aromatic carbocycles. The zero-order chi connectivity index (χ0) is 12.3. The van der Waals surface area contributed by atoms with Crippen LogP contribution in [0.15, 0.2) is 0 Å². The molecule has 0 aromatic rings. The molecule has 9 heteroatoms. The quantitative estimate of drug-likeness (QED) is 0.707. The largest absolute Gasteiger partial charge is 0.481 e. The summed E-state index contributed by atoms with van der Waals surface area (Å²) < 4.78 is 59.0. The van der Waals surface area contributed by atoms with E-state index in [4.69, 9.17) is 5.11 Å². The smallest absolute Gasteiger partial charge is 0.463 e. The average Bonchev–Trinajstić information content (AvgIpc) is 2.01. The van der Waals surface area contributed by atoms with Crippen LogP contribution in [0.3, 0.4) is 0 Å². The van der Waals surface area contributed by atoms with Crippen molar-refractivity contribution in [3.05, 3.63) is 0 Å². The maximum atomic E-state index is 12.2. The van der Waals surface area contributed by atoms with E-state index >= 15 is 0 Å². The Labute approximate surface area is 80.1 Å². The Morgan fingerprint density at radius 1 is 1.13 bits per heavy atom. The number of amides is 1. The average molecular weight is 235 g/mol. The first-order chi connectivity index (χ1) is 6.59. The minimum Gasteiger partial charge on any atom is -0.481 e. The van der Waals surface area contributed by atoms with E-state index in [0.29, 0.717) is 0 Å². The molecule has 1 amide bonds. The fourth-order valence-corrected chi connectivity index (χ4v) is 0.523. The molecule has 15 heavy (non-hydrogen) atoms. The van der Waals surface area contributed by atoms with Gasteiger partial charge >= 0.3 is 18.1 Å². The van der Waals surface area contributed by atoms with E-state index < -0.39 is 36.9 Å².